The van der Waals surface area contributed by atoms with Gasteiger partial charge in [0.15, 0.2) is 16.1 Å². The monoisotopic (exact) mass is 417 g/mol. The van der Waals surface area contributed by atoms with Crippen molar-refractivity contribution in [1.29, 1.82) is 0 Å². The molecule has 4 rings (SSSR count). The fourth-order valence-corrected chi connectivity index (χ4v) is 3.82. The number of amides is 1. The molecule has 0 bridgehead atoms. The molecule has 0 unspecified atom stereocenters. The Labute approximate surface area is 159 Å². The molecule has 26 heavy (non-hydrogen) atoms. The lowest BCUT2D eigenvalue weighted by Gasteiger charge is -2.31. The van der Waals surface area contributed by atoms with Crippen LogP contribution in [0.3, 0.4) is 0 Å². The van der Waals surface area contributed by atoms with Crippen LogP contribution in [0.25, 0.3) is 17.2 Å². The highest BCUT2D eigenvalue weighted by Gasteiger charge is 2.24. The van der Waals surface area contributed by atoms with E-state index in [0.29, 0.717) is 39.3 Å². The van der Waals surface area contributed by atoms with Crippen molar-refractivity contribution in [1.82, 2.24) is 19.5 Å². The van der Waals surface area contributed by atoms with Gasteiger partial charge in [0.25, 0.3) is 5.91 Å². The van der Waals surface area contributed by atoms with Gasteiger partial charge in [-0.1, -0.05) is 19.3 Å². The summed E-state index contributed by atoms with van der Waals surface area (Å²) >= 11 is 3.27. The summed E-state index contributed by atoms with van der Waals surface area (Å²) in [6.07, 6.45) is 5.72. The third kappa shape index (κ3) is 3.09. The highest BCUT2D eigenvalue weighted by Crippen LogP contribution is 2.26. The number of carbonyl (C=O) groups is 1. The van der Waals surface area contributed by atoms with Crippen molar-refractivity contribution in [2.45, 2.75) is 38.1 Å². The van der Waals surface area contributed by atoms with Crippen molar-refractivity contribution >= 4 is 33.3 Å². The lowest BCUT2D eigenvalue weighted by Crippen LogP contribution is -2.38. The van der Waals surface area contributed by atoms with E-state index in [2.05, 4.69) is 26.0 Å². The minimum Gasteiger partial charge on any atom is -0.446 e. The second-order valence-corrected chi connectivity index (χ2v) is 7.47. The van der Waals surface area contributed by atoms with Crippen LogP contribution >= 0.6 is 15.9 Å². The Morgan fingerprint density at radius 3 is 2.77 bits per heavy atom. The van der Waals surface area contributed by atoms with E-state index in [4.69, 9.17) is 10.2 Å². The molecule has 0 saturated heterocycles. The molecule has 1 aliphatic rings. The summed E-state index contributed by atoms with van der Waals surface area (Å²) in [6.45, 7) is 0. The zero-order valence-electron chi connectivity index (χ0n) is 14.5. The van der Waals surface area contributed by atoms with E-state index < -0.39 is 0 Å². The molecular weight excluding hydrogens is 398 g/mol. The first-order valence-electron chi connectivity index (χ1n) is 8.72. The molecule has 136 valence electrons. The predicted molar refractivity (Wildman–Crippen MR) is 102 cm³/mol. The van der Waals surface area contributed by atoms with Crippen molar-refractivity contribution in [3.05, 3.63) is 34.5 Å². The number of nitrogens with two attached hydrogens (primary N) is 1. The minimum atomic E-state index is -0.0311. The van der Waals surface area contributed by atoms with E-state index in [0.717, 1.165) is 12.8 Å². The summed E-state index contributed by atoms with van der Waals surface area (Å²) in [5, 5.41) is 4.37. The Hall–Kier alpha value is -2.35. The number of halogens is 1. The van der Waals surface area contributed by atoms with Gasteiger partial charge < -0.3 is 15.1 Å². The zero-order chi connectivity index (χ0) is 18.3. The molecule has 2 N–H and O–H groups in total. The normalized spacial score (nSPS) is 15.5. The van der Waals surface area contributed by atoms with Crippen LogP contribution < -0.4 is 5.73 Å². The topological polar surface area (TPSA) is 89.7 Å². The second kappa shape index (κ2) is 6.75. The maximum atomic E-state index is 12.9. The molecule has 3 heterocycles. The van der Waals surface area contributed by atoms with E-state index in [1.165, 1.54) is 23.8 Å². The molecule has 0 aliphatic heterocycles. The molecule has 1 aliphatic carbocycles. The fraction of sp³-hybridized carbons (Fsp3) is 0.389. The Morgan fingerprint density at radius 1 is 1.31 bits per heavy atom. The molecule has 0 spiro atoms. The van der Waals surface area contributed by atoms with E-state index in [1.807, 2.05) is 11.9 Å². The Bertz CT molecular complexity index is 958. The fourth-order valence-electron chi connectivity index (χ4n) is 3.51. The number of nitrogens with zero attached hydrogens (tertiary/aromatic N) is 4. The largest absolute Gasteiger partial charge is 0.446 e. The Morgan fingerprint density at radius 2 is 2.08 bits per heavy atom. The SMILES string of the molecule is CN(C(=O)c1cc(N)n2nc(-c3ccc(Br)o3)nc2c1)C1CCCCC1. The van der Waals surface area contributed by atoms with Gasteiger partial charge in [-0.25, -0.2) is 4.98 Å². The highest BCUT2D eigenvalue weighted by molar-refractivity contribution is 9.10. The van der Waals surface area contributed by atoms with Crippen LogP contribution in [0.4, 0.5) is 5.82 Å². The molecule has 0 radical (unpaired) electrons. The quantitative estimate of drug-likeness (QED) is 0.700. The number of hydrogen-bond donors (Lipinski definition) is 1. The number of fused-ring (bicyclic) bond motifs is 1. The van der Waals surface area contributed by atoms with Gasteiger partial charge in [-0.15, -0.1) is 5.10 Å². The second-order valence-electron chi connectivity index (χ2n) is 6.69. The molecule has 1 amide bonds. The van der Waals surface area contributed by atoms with E-state index in [-0.39, 0.29) is 5.91 Å². The first-order chi connectivity index (χ1) is 12.5. The molecule has 3 aromatic rings. The lowest BCUT2D eigenvalue weighted by atomic mass is 9.94. The summed E-state index contributed by atoms with van der Waals surface area (Å²) in [4.78, 5) is 19.2. The third-order valence-electron chi connectivity index (χ3n) is 4.95. The summed E-state index contributed by atoms with van der Waals surface area (Å²) in [6, 6.07) is 7.23. The Kier molecular flexibility index (Phi) is 4.44. The molecule has 7 nitrogen and oxygen atoms in total. The zero-order valence-corrected chi connectivity index (χ0v) is 16.1. The van der Waals surface area contributed by atoms with Crippen LogP contribution in [-0.4, -0.2) is 38.5 Å². The van der Waals surface area contributed by atoms with Crippen molar-refractivity contribution in [2.75, 3.05) is 12.8 Å². The van der Waals surface area contributed by atoms with Gasteiger partial charge in [0.1, 0.15) is 5.82 Å². The van der Waals surface area contributed by atoms with Gasteiger partial charge >= 0.3 is 0 Å². The van der Waals surface area contributed by atoms with Gasteiger partial charge in [0.05, 0.1) is 0 Å². The molecule has 3 aromatic heterocycles. The van der Waals surface area contributed by atoms with E-state index >= 15 is 0 Å². The van der Waals surface area contributed by atoms with Crippen LogP contribution in [0.1, 0.15) is 42.5 Å². The highest BCUT2D eigenvalue weighted by atomic mass is 79.9. The number of hydrogen-bond acceptors (Lipinski definition) is 5. The first kappa shape index (κ1) is 17.1. The number of rotatable bonds is 3. The van der Waals surface area contributed by atoms with Gasteiger partial charge in [-0.2, -0.15) is 4.52 Å². The maximum absolute atomic E-state index is 12.9. The molecule has 1 fully saturated rings. The third-order valence-corrected chi connectivity index (χ3v) is 5.37. The standard InChI is InChI=1S/C18H20BrN5O2/c1-23(12-5-3-2-4-6-12)18(25)11-9-15(20)24-16(10-11)21-17(22-24)13-7-8-14(19)26-13/h7-10,12H,2-6,20H2,1H3. The number of aromatic nitrogens is 3. The molecule has 8 heteroatoms. The number of furan rings is 1. The molecular formula is C18H20BrN5O2. The number of carbonyl (C=O) groups excluding carboxylic acids is 1. The van der Waals surface area contributed by atoms with Gasteiger partial charge in [-0.3, -0.25) is 4.79 Å². The number of nitrogen functional groups attached to an aromatic ring is 1. The lowest BCUT2D eigenvalue weighted by molar-refractivity contribution is 0.0696. The maximum Gasteiger partial charge on any atom is 0.254 e. The number of pyridine rings is 1. The smallest absolute Gasteiger partial charge is 0.254 e. The van der Waals surface area contributed by atoms with Crippen molar-refractivity contribution in [2.24, 2.45) is 0 Å². The minimum absolute atomic E-state index is 0.0311. The number of anilines is 1. The summed E-state index contributed by atoms with van der Waals surface area (Å²) < 4.78 is 7.61. The van der Waals surface area contributed by atoms with E-state index in [1.54, 1.807) is 24.3 Å². The molecule has 1 saturated carbocycles. The Balaban J connectivity index is 1.66. The van der Waals surface area contributed by atoms with Crippen molar-refractivity contribution < 1.29 is 9.21 Å². The van der Waals surface area contributed by atoms with Gasteiger partial charge in [0, 0.05) is 18.7 Å². The van der Waals surface area contributed by atoms with Crippen molar-refractivity contribution in [3.63, 3.8) is 0 Å². The van der Waals surface area contributed by atoms with Gasteiger partial charge in [-0.05, 0) is 53.0 Å². The van der Waals surface area contributed by atoms with Crippen LogP contribution in [-0.2, 0) is 0 Å². The summed E-state index contributed by atoms with van der Waals surface area (Å²) in [7, 11) is 1.87. The molecule has 0 aromatic carbocycles. The average Bonchev–Trinajstić information content (AvgIpc) is 3.27. The summed E-state index contributed by atoms with van der Waals surface area (Å²) in [5.41, 5.74) is 7.17. The summed E-state index contributed by atoms with van der Waals surface area (Å²) in [5.74, 6) is 1.29. The van der Waals surface area contributed by atoms with Crippen LogP contribution in [0.2, 0.25) is 0 Å². The van der Waals surface area contributed by atoms with Crippen molar-refractivity contribution in [3.8, 4) is 11.6 Å². The van der Waals surface area contributed by atoms with E-state index in [9.17, 15) is 4.79 Å². The first-order valence-corrected chi connectivity index (χ1v) is 9.51. The van der Waals surface area contributed by atoms with Crippen LogP contribution in [0.15, 0.2) is 33.4 Å². The predicted octanol–water partition coefficient (Wildman–Crippen LogP) is 3.74. The van der Waals surface area contributed by atoms with Crippen LogP contribution in [0, 0.1) is 0 Å². The van der Waals surface area contributed by atoms with Crippen LogP contribution in [0.5, 0.6) is 0 Å². The average molecular weight is 418 g/mol. The van der Waals surface area contributed by atoms with Gasteiger partial charge in [0.2, 0.25) is 5.82 Å². The molecule has 0 atom stereocenters.